The Hall–Kier alpha value is -4.34. The lowest BCUT2D eigenvalue weighted by Gasteiger charge is -2.39. The van der Waals surface area contributed by atoms with Gasteiger partial charge < -0.3 is 29.2 Å². The molecule has 5 rings (SSSR count). The van der Waals surface area contributed by atoms with Crippen LogP contribution in [0, 0.1) is 11.7 Å². The van der Waals surface area contributed by atoms with Crippen LogP contribution >= 0.6 is 0 Å². The molecule has 2 aromatic carbocycles. The minimum atomic E-state index is -0.616. The van der Waals surface area contributed by atoms with Crippen LogP contribution < -0.4 is 19.5 Å². The Bertz CT molecular complexity index is 1410. The van der Waals surface area contributed by atoms with Crippen molar-refractivity contribution in [1.82, 2.24) is 15.2 Å². The summed E-state index contributed by atoms with van der Waals surface area (Å²) in [4.78, 5) is 31.5. The number of halogens is 1. The topological polar surface area (TPSA) is 99.2 Å². The number of fused-ring (bicyclic) bond motifs is 1. The number of likely N-dealkylation sites (tertiary alicyclic amines) is 1. The van der Waals surface area contributed by atoms with Crippen molar-refractivity contribution in [3.05, 3.63) is 83.4 Å². The van der Waals surface area contributed by atoms with Gasteiger partial charge in [-0.25, -0.2) is 9.18 Å². The lowest BCUT2D eigenvalue weighted by molar-refractivity contribution is -0.120. The fourth-order valence-corrected chi connectivity index (χ4v) is 5.19. The average Bonchev–Trinajstić information content (AvgIpc) is 3.44. The first-order valence-corrected chi connectivity index (χ1v) is 14.1. The molecule has 1 N–H and O–H groups in total. The standard InChI is InChI=1S/C32H36FN3O6/c1-32(2,3)42-31(38)36-13-11-26(23(18-36)19-39-25-8-10-28-29(16-25)41-20-40-28)21-7-9-27(33)22(14-21)15-30(37)35-17-24-6-4-5-12-34-24/h4-10,12,14,16,23,26H,11,13,15,17-20H2,1-3H3,(H,35,37)/t23-,26+/m1/s1. The van der Waals surface area contributed by atoms with Crippen molar-refractivity contribution in [3.63, 3.8) is 0 Å². The number of ether oxygens (including phenoxy) is 4. The van der Waals surface area contributed by atoms with Gasteiger partial charge in [0.15, 0.2) is 11.5 Å². The lowest BCUT2D eigenvalue weighted by atomic mass is 9.80. The molecule has 0 unspecified atom stereocenters. The molecule has 9 nitrogen and oxygen atoms in total. The molecule has 2 amide bonds. The Morgan fingerprint density at radius 1 is 1.10 bits per heavy atom. The Labute approximate surface area is 244 Å². The number of carbonyl (C=O) groups excluding carboxylic acids is 2. The molecule has 2 aliphatic heterocycles. The molecule has 0 bridgehead atoms. The highest BCUT2D eigenvalue weighted by Crippen LogP contribution is 2.38. The number of rotatable bonds is 8. The van der Waals surface area contributed by atoms with Gasteiger partial charge >= 0.3 is 6.09 Å². The number of nitrogens with zero attached hydrogens (tertiary/aromatic N) is 2. The molecule has 1 aromatic heterocycles. The predicted octanol–water partition coefficient (Wildman–Crippen LogP) is 5.23. The lowest BCUT2D eigenvalue weighted by Crippen LogP contribution is -2.46. The first kappa shape index (κ1) is 29.2. The van der Waals surface area contributed by atoms with Crippen LogP contribution in [0.1, 0.15) is 49.9 Å². The molecular formula is C32H36FN3O6. The highest BCUT2D eigenvalue weighted by atomic mass is 19.1. The van der Waals surface area contributed by atoms with Crippen LogP contribution in [0.25, 0.3) is 0 Å². The van der Waals surface area contributed by atoms with E-state index in [-0.39, 0.29) is 43.6 Å². The van der Waals surface area contributed by atoms with Crippen molar-refractivity contribution in [3.8, 4) is 17.2 Å². The maximum absolute atomic E-state index is 14.9. The van der Waals surface area contributed by atoms with Crippen LogP contribution in [0.3, 0.4) is 0 Å². The summed E-state index contributed by atoms with van der Waals surface area (Å²) in [5.74, 6) is 1.02. The van der Waals surface area contributed by atoms with Crippen molar-refractivity contribution in [1.29, 1.82) is 0 Å². The SMILES string of the molecule is CC(C)(C)OC(=O)N1CC[C@@H](c2ccc(F)c(CC(=O)NCc3ccccn3)c2)[C@@H](COc2ccc3c(c2)OCO3)C1. The number of carbonyl (C=O) groups is 2. The van der Waals surface area contributed by atoms with Crippen LogP contribution in [0.15, 0.2) is 60.8 Å². The van der Waals surface area contributed by atoms with Crippen molar-refractivity contribution < 1.29 is 32.9 Å². The summed E-state index contributed by atoms with van der Waals surface area (Å²) >= 11 is 0. The number of piperidine rings is 1. The maximum Gasteiger partial charge on any atom is 0.410 e. The van der Waals surface area contributed by atoms with Crippen LogP contribution in [0.2, 0.25) is 0 Å². The molecule has 3 aromatic rings. The third kappa shape index (κ3) is 7.48. The van der Waals surface area contributed by atoms with Gasteiger partial charge in [0, 0.05) is 31.3 Å². The van der Waals surface area contributed by atoms with Crippen molar-refractivity contribution in [2.24, 2.45) is 5.92 Å². The van der Waals surface area contributed by atoms with E-state index in [0.717, 1.165) is 11.3 Å². The summed E-state index contributed by atoms with van der Waals surface area (Å²) in [6.45, 7) is 7.14. The number of hydrogen-bond acceptors (Lipinski definition) is 7. The van der Waals surface area contributed by atoms with E-state index in [0.29, 0.717) is 48.9 Å². The summed E-state index contributed by atoms with van der Waals surface area (Å²) in [7, 11) is 0. The Morgan fingerprint density at radius 2 is 1.93 bits per heavy atom. The molecule has 0 spiro atoms. The first-order valence-electron chi connectivity index (χ1n) is 14.1. The maximum atomic E-state index is 14.9. The van der Waals surface area contributed by atoms with Crippen LogP contribution in [0.4, 0.5) is 9.18 Å². The smallest absolute Gasteiger partial charge is 0.410 e. The van der Waals surface area contributed by atoms with Crippen LogP contribution in [-0.2, 0) is 22.5 Å². The summed E-state index contributed by atoms with van der Waals surface area (Å²) in [5, 5.41) is 2.81. The monoisotopic (exact) mass is 577 g/mol. The Morgan fingerprint density at radius 3 is 2.71 bits per heavy atom. The molecule has 2 atom stereocenters. The number of amides is 2. The van der Waals surface area contributed by atoms with Gasteiger partial charge in [-0.15, -0.1) is 0 Å². The van der Waals surface area contributed by atoms with Gasteiger partial charge in [-0.3, -0.25) is 9.78 Å². The zero-order chi connectivity index (χ0) is 29.7. The molecular weight excluding hydrogens is 541 g/mol. The van der Waals surface area contributed by atoms with E-state index < -0.39 is 11.4 Å². The van der Waals surface area contributed by atoms with E-state index >= 15 is 0 Å². The van der Waals surface area contributed by atoms with E-state index in [2.05, 4.69) is 10.3 Å². The highest BCUT2D eigenvalue weighted by Gasteiger charge is 2.35. The quantitative estimate of drug-likeness (QED) is 0.392. The second-order valence-corrected chi connectivity index (χ2v) is 11.5. The molecule has 1 fully saturated rings. The molecule has 222 valence electrons. The Kier molecular flexibility index (Phi) is 8.80. The average molecular weight is 578 g/mol. The number of nitrogens with one attached hydrogen (secondary N) is 1. The van der Waals surface area contributed by atoms with Gasteiger partial charge in [0.25, 0.3) is 0 Å². The summed E-state index contributed by atoms with van der Waals surface area (Å²) in [6, 6.07) is 15.8. The first-order chi connectivity index (χ1) is 20.1. The van der Waals surface area contributed by atoms with E-state index in [1.807, 2.05) is 39.0 Å². The molecule has 42 heavy (non-hydrogen) atoms. The second kappa shape index (κ2) is 12.7. The van der Waals surface area contributed by atoms with Gasteiger partial charge in [-0.2, -0.15) is 0 Å². The fraction of sp³-hybridized carbons (Fsp3) is 0.406. The molecule has 10 heteroatoms. The number of aromatic nitrogens is 1. The molecule has 2 aliphatic rings. The van der Waals surface area contributed by atoms with Crippen LogP contribution in [0.5, 0.6) is 17.2 Å². The molecule has 0 aliphatic carbocycles. The van der Waals surface area contributed by atoms with Gasteiger partial charge in [0.05, 0.1) is 25.3 Å². The normalized spacial score (nSPS) is 18.0. The Balaban J connectivity index is 1.31. The summed E-state index contributed by atoms with van der Waals surface area (Å²) in [6.07, 6.45) is 1.82. The van der Waals surface area contributed by atoms with Gasteiger partial charge in [-0.1, -0.05) is 18.2 Å². The minimum Gasteiger partial charge on any atom is -0.493 e. The van der Waals surface area contributed by atoms with E-state index in [4.69, 9.17) is 18.9 Å². The minimum absolute atomic E-state index is 0.0337. The van der Waals surface area contributed by atoms with Gasteiger partial charge in [-0.05, 0) is 74.6 Å². The summed E-state index contributed by atoms with van der Waals surface area (Å²) < 4.78 is 37.5. The molecule has 1 saturated heterocycles. The predicted molar refractivity (Wildman–Crippen MR) is 153 cm³/mol. The summed E-state index contributed by atoms with van der Waals surface area (Å²) in [5.41, 5.74) is 1.32. The zero-order valence-corrected chi connectivity index (χ0v) is 24.1. The van der Waals surface area contributed by atoms with E-state index in [1.54, 1.807) is 41.4 Å². The van der Waals surface area contributed by atoms with Crippen molar-refractivity contribution in [2.45, 2.75) is 51.7 Å². The second-order valence-electron chi connectivity index (χ2n) is 11.5. The number of benzene rings is 2. The van der Waals surface area contributed by atoms with Gasteiger partial charge in [0.2, 0.25) is 12.7 Å². The highest BCUT2D eigenvalue weighted by molar-refractivity contribution is 5.78. The van der Waals surface area contributed by atoms with E-state index in [9.17, 15) is 14.0 Å². The van der Waals surface area contributed by atoms with Gasteiger partial charge in [0.1, 0.15) is 17.2 Å². The third-order valence-corrected chi connectivity index (χ3v) is 7.24. The molecule has 0 radical (unpaired) electrons. The number of hydrogen-bond donors (Lipinski definition) is 1. The number of pyridine rings is 1. The fourth-order valence-electron chi connectivity index (χ4n) is 5.19. The molecule has 3 heterocycles. The van der Waals surface area contributed by atoms with E-state index in [1.165, 1.54) is 6.07 Å². The third-order valence-electron chi connectivity index (χ3n) is 7.24. The largest absolute Gasteiger partial charge is 0.493 e. The molecule has 0 saturated carbocycles. The van der Waals surface area contributed by atoms with Crippen molar-refractivity contribution >= 4 is 12.0 Å². The zero-order valence-electron chi connectivity index (χ0n) is 24.1. The van der Waals surface area contributed by atoms with Crippen molar-refractivity contribution in [2.75, 3.05) is 26.5 Å². The van der Waals surface area contributed by atoms with Crippen LogP contribution in [-0.4, -0.2) is 54.0 Å².